The summed E-state index contributed by atoms with van der Waals surface area (Å²) in [5, 5.41) is 6.98. The molecule has 8 heteroatoms. The van der Waals surface area contributed by atoms with Gasteiger partial charge in [-0.3, -0.25) is 10.1 Å². The van der Waals surface area contributed by atoms with Gasteiger partial charge >= 0.3 is 0 Å². The van der Waals surface area contributed by atoms with Crippen LogP contribution in [-0.4, -0.2) is 26.9 Å². The zero-order valence-corrected chi connectivity index (χ0v) is 14.3. The molecule has 0 saturated heterocycles. The molecule has 0 aliphatic carbocycles. The molecule has 2 aromatic rings. The van der Waals surface area contributed by atoms with E-state index in [1.165, 1.54) is 13.2 Å². The van der Waals surface area contributed by atoms with E-state index in [0.29, 0.717) is 5.82 Å². The highest BCUT2D eigenvalue weighted by atomic mass is 32.2. The minimum absolute atomic E-state index is 0.209. The predicted molar refractivity (Wildman–Crippen MR) is 89.3 cm³/mol. The van der Waals surface area contributed by atoms with Crippen LogP contribution in [0.5, 0.6) is 0 Å². The average Bonchev–Trinajstić information content (AvgIpc) is 2.88. The number of sulfone groups is 1. The van der Waals surface area contributed by atoms with Crippen molar-refractivity contribution in [2.75, 3.05) is 6.26 Å². The monoisotopic (exact) mass is 345 g/mol. The van der Waals surface area contributed by atoms with Crippen LogP contribution in [0, 0.1) is 6.92 Å². The van der Waals surface area contributed by atoms with E-state index in [-0.39, 0.29) is 10.8 Å². The number of pyridine rings is 1. The molecule has 3 rings (SSSR count). The molecule has 0 bridgehead atoms. The second-order valence-corrected chi connectivity index (χ2v) is 7.71. The minimum Gasteiger partial charge on any atom is -0.578 e. The van der Waals surface area contributed by atoms with E-state index in [2.05, 4.69) is 16.1 Å². The third-order valence-electron chi connectivity index (χ3n) is 3.61. The number of rotatable bonds is 3. The zero-order valence-electron chi connectivity index (χ0n) is 13.5. The highest BCUT2D eigenvalue weighted by molar-refractivity contribution is 7.90. The van der Waals surface area contributed by atoms with E-state index in [9.17, 15) is 13.2 Å². The van der Waals surface area contributed by atoms with Crippen LogP contribution < -0.4 is 9.99 Å². The Morgan fingerprint density at radius 2 is 2.00 bits per heavy atom. The number of carbonyl (C=O) groups excluding carboxylic acids is 1. The van der Waals surface area contributed by atoms with Gasteiger partial charge in [-0.15, -0.1) is 0 Å². The quantitative estimate of drug-likeness (QED) is 0.861. The largest absolute Gasteiger partial charge is 0.578 e. The fourth-order valence-corrected chi connectivity index (χ4v) is 3.19. The van der Waals surface area contributed by atoms with Gasteiger partial charge in [0.05, 0.1) is 11.2 Å². The van der Waals surface area contributed by atoms with Crippen molar-refractivity contribution in [3.05, 3.63) is 52.8 Å². The maximum absolute atomic E-state index is 11.7. The van der Waals surface area contributed by atoms with E-state index in [1.807, 2.05) is 19.1 Å². The number of fused-ring (bicyclic) bond motifs is 1. The summed E-state index contributed by atoms with van der Waals surface area (Å²) in [5.41, 5.74) is 6.79. The van der Waals surface area contributed by atoms with Crippen LogP contribution >= 0.6 is 0 Å². The summed E-state index contributed by atoms with van der Waals surface area (Å²) >= 11 is 0. The smallest absolute Gasteiger partial charge is 0.217 e. The van der Waals surface area contributed by atoms with Crippen molar-refractivity contribution in [1.29, 1.82) is 0 Å². The molecular weight excluding hydrogens is 328 g/mol. The zero-order chi connectivity index (χ0) is 17.5. The molecule has 0 saturated carbocycles. The molecule has 0 fully saturated rings. The summed E-state index contributed by atoms with van der Waals surface area (Å²) in [7, 11) is -3.27. The topological polar surface area (TPSA) is 95.3 Å². The van der Waals surface area contributed by atoms with E-state index in [4.69, 9.17) is 0 Å². The van der Waals surface area contributed by atoms with Crippen LogP contribution in [0.4, 0.5) is 5.82 Å². The molecule has 0 spiro atoms. The number of amides is 1. The Labute approximate surface area is 140 Å². The first-order valence-electron chi connectivity index (χ1n) is 7.30. The van der Waals surface area contributed by atoms with Crippen molar-refractivity contribution in [3.63, 3.8) is 0 Å². The molecule has 1 aliphatic rings. The van der Waals surface area contributed by atoms with Crippen LogP contribution in [0.2, 0.25) is 0 Å². The van der Waals surface area contributed by atoms with Crippen molar-refractivity contribution in [2.24, 2.45) is 0 Å². The number of benzene rings is 1. The van der Waals surface area contributed by atoms with Gasteiger partial charge in [-0.25, -0.2) is 8.42 Å². The Balaban J connectivity index is 1.99. The van der Waals surface area contributed by atoms with Gasteiger partial charge in [-0.2, -0.15) is 0 Å². The molecule has 126 valence electrons. The molecule has 24 heavy (non-hydrogen) atoms. The maximum atomic E-state index is 11.7. The Bertz CT molecular complexity index is 925. The second kappa shape index (κ2) is 5.79. The van der Waals surface area contributed by atoms with Gasteiger partial charge in [0.15, 0.2) is 9.84 Å². The Morgan fingerprint density at radius 3 is 2.67 bits per heavy atom. The van der Waals surface area contributed by atoms with Crippen LogP contribution in [-0.2, 0) is 14.6 Å². The van der Waals surface area contributed by atoms with Gasteiger partial charge in [0.1, 0.15) is 5.82 Å². The molecule has 1 amide bonds. The molecule has 1 unspecified atom stereocenters. The number of aromatic nitrogens is 1. The average molecular weight is 345 g/mol. The highest BCUT2D eigenvalue weighted by Crippen LogP contribution is 2.32. The van der Waals surface area contributed by atoms with E-state index < -0.39 is 16.1 Å². The molecule has 1 aromatic heterocycles. The summed E-state index contributed by atoms with van der Waals surface area (Å²) in [5.74, 6) is 0.455. The number of hydrogen-bond donors (Lipinski definition) is 1. The summed E-state index contributed by atoms with van der Waals surface area (Å²) in [6, 6.07) is 8.67. The van der Waals surface area contributed by atoms with E-state index in [0.717, 1.165) is 16.7 Å². The number of carbonyl (C=O) groups is 1. The summed E-state index contributed by atoms with van der Waals surface area (Å²) in [6.45, 7) is 3.30. The Hall–Kier alpha value is -2.61. The minimum atomic E-state index is -3.27. The highest BCUT2D eigenvalue weighted by Gasteiger charge is 2.16. The number of aryl methyl sites for hydroxylation is 1. The molecule has 7 nitrogen and oxygen atoms in total. The standard InChI is InChI=1S/C16H17N4O3S/c1-10-7-13(12-5-4-6-14(8-12)24(3,22)23)9-20-15(10)18-16(19-20)17-11(2)21/h4-9,16H,1-3H3,(H,17,21)/q-1. The van der Waals surface area contributed by atoms with E-state index in [1.54, 1.807) is 29.1 Å². The van der Waals surface area contributed by atoms with Crippen molar-refractivity contribution < 1.29 is 17.9 Å². The second-order valence-electron chi connectivity index (χ2n) is 5.70. The summed E-state index contributed by atoms with van der Waals surface area (Å²) in [4.78, 5) is 11.4. The maximum Gasteiger partial charge on any atom is 0.217 e. The van der Waals surface area contributed by atoms with E-state index >= 15 is 0 Å². The van der Waals surface area contributed by atoms with Crippen molar-refractivity contribution >= 4 is 21.6 Å². The first kappa shape index (κ1) is 16.3. The number of nitrogens with one attached hydrogen (secondary N) is 1. The summed E-state index contributed by atoms with van der Waals surface area (Å²) < 4.78 is 25.1. The lowest BCUT2D eigenvalue weighted by Gasteiger charge is -2.24. The molecule has 1 aliphatic heterocycles. The van der Waals surface area contributed by atoms with Gasteiger partial charge in [0, 0.05) is 13.2 Å². The Kier molecular flexibility index (Phi) is 3.92. The molecule has 1 aromatic carbocycles. The lowest BCUT2D eigenvalue weighted by atomic mass is 10.1. The Morgan fingerprint density at radius 1 is 1.25 bits per heavy atom. The number of hydrogen-bond acceptors (Lipinski definition) is 3. The summed E-state index contributed by atoms with van der Waals surface area (Å²) in [6.07, 6.45) is 2.31. The van der Waals surface area contributed by atoms with Crippen molar-refractivity contribution in [2.45, 2.75) is 25.0 Å². The van der Waals surface area contributed by atoms with Crippen molar-refractivity contribution in [1.82, 2.24) is 5.32 Å². The first-order chi connectivity index (χ1) is 11.2. The van der Waals surface area contributed by atoms with Crippen LogP contribution in [0.25, 0.3) is 21.9 Å². The lowest BCUT2D eigenvalue weighted by molar-refractivity contribution is -0.603. The fourth-order valence-electron chi connectivity index (χ4n) is 2.52. The van der Waals surface area contributed by atoms with Gasteiger partial charge in [0.25, 0.3) is 0 Å². The first-order valence-corrected chi connectivity index (χ1v) is 9.19. The van der Waals surface area contributed by atoms with Crippen LogP contribution in [0.1, 0.15) is 12.5 Å². The predicted octanol–water partition coefficient (Wildman–Crippen LogP) is 1.93. The third-order valence-corrected chi connectivity index (χ3v) is 4.72. The molecule has 2 heterocycles. The van der Waals surface area contributed by atoms with Gasteiger partial charge in [0.2, 0.25) is 5.91 Å². The SMILES string of the molecule is CC(=O)NC1[N-]c2c(C)cc(-c3cccc(S(C)(=O)=O)c3)c[n+]2[N-]1. The molecule has 1 atom stereocenters. The normalized spacial score (nSPS) is 16.0. The van der Waals surface area contributed by atoms with Gasteiger partial charge in [-0.05, 0) is 48.0 Å². The molecule has 1 N–H and O–H groups in total. The molecular formula is C16H17N4O3S-. The van der Waals surface area contributed by atoms with Gasteiger partial charge < -0.3 is 15.4 Å². The number of nitrogens with zero attached hydrogens (tertiary/aromatic N) is 3. The van der Waals surface area contributed by atoms with Gasteiger partial charge in [-0.1, -0.05) is 12.1 Å². The third kappa shape index (κ3) is 3.18. The van der Waals surface area contributed by atoms with Crippen LogP contribution in [0.15, 0.2) is 41.4 Å². The lowest BCUT2D eigenvalue weighted by Crippen LogP contribution is -2.35. The fraction of sp³-hybridized carbons (Fsp3) is 0.250. The molecule has 0 radical (unpaired) electrons. The van der Waals surface area contributed by atoms with Crippen LogP contribution in [0.3, 0.4) is 0 Å². The van der Waals surface area contributed by atoms with Crippen molar-refractivity contribution in [3.8, 4) is 11.1 Å².